The van der Waals surface area contributed by atoms with Crippen molar-refractivity contribution in [1.29, 1.82) is 0 Å². The molecule has 0 spiro atoms. The normalized spacial score (nSPS) is 10.4. The molecule has 0 fully saturated rings. The van der Waals surface area contributed by atoms with Crippen molar-refractivity contribution in [1.82, 2.24) is 0 Å². The van der Waals surface area contributed by atoms with Gasteiger partial charge in [0.1, 0.15) is 0 Å². The van der Waals surface area contributed by atoms with Crippen molar-refractivity contribution in [2.45, 2.75) is 27.2 Å². The molecule has 1 amide bonds. The first-order chi connectivity index (χ1) is 9.52. The molecule has 0 heterocycles. The van der Waals surface area contributed by atoms with Crippen LogP contribution in [0.25, 0.3) is 0 Å². The summed E-state index contributed by atoms with van der Waals surface area (Å²) in [6, 6.07) is 11.9. The van der Waals surface area contributed by atoms with Gasteiger partial charge in [-0.3, -0.25) is 4.79 Å². The minimum absolute atomic E-state index is 0.0791. The molecule has 0 aliphatic carbocycles. The van der Waals surface area contributed by atoms with Crippen LogP contribution < -0.4 is 5.32 Å². The zero-order chi connectivity index (χ0) is 14.7. The standard InChI is InChI=1S/C17H18BrNO/c1-4-13-7-5-6-12(3)16(13)19-17(20)14-10-11(2)8-9-15(14)18/h5-10H,4H2,1-3H3,(H,19,20). The van der Waals surface area contributed by atoms with Crippen molar-refractivity contribution in [3.63, 3.8) is 0 Å². The average Bonchev–Trinajstić information content (AvgIpc) is 2.43. The summed E-state index contributed by atoms with van der Waals surface area (Å²) in [6.07, 6.45) is 0.895. The fourth-order valence-electron chi connectivity index (χ4n) is 2.20. The number of benzene rings is 2. The molecule has 0 saturated carbocycles. The van der Waals surface area contributed by atoms with Gasteiger partial charge in [0.2, 0.25) is 0 Å². The Kier molecular flexibility index (Phi) is 4.61. The molecule has 0 aliphatic rings. The Balaban J connectivity index is 2.35. The highest BCUT2D eigenvalue weighted by Gasteiger charge is 2.13. The van der Waals surface area contributed by atoms with Gasteiger partial charge in [0.25, 0.3) is 5.91 Å². The second-order valence-corrected chi connectivity index (χ2v) is 5.75. The van der Waals surface area contributed by atoms with E-state index in [-0.39, 0.29) is 5.91 Å². The molecule has 2 aromatic carbocycles. The molecule has 0 aliphatic heterocycles. The van der Waals surface area contributed by atoms with E-state index in [0.29, 0.717) is 5.56 Å². The molecule has 2 rings (SSSR count). The van der Waals surface area contributed by atoms with Crippen molar-refractivity contribution in [2.24, 2.45) is 0 Å². The van der Waals surface area contributed by atoms with Gasteiger partial charge in [-0.05, 0) is 59.5 Å². The van der Waals surface area contributed by atoms with Gasteiger partial charge < -0.3 is 5.32 Å². The van der Waals surface area contributed by atoms with Gasteiger partial charge in [-0.1, -0.05) is 36.8 Å². The van der Waals surface area contributed by atoms with E-state index >= 15 is 0 Å². The Bertz CT molecular complexity index is 649. The zero-order valence-electron chi connectivity index (χ0n) is 12.0. The molecule has 0 radical (unpaired) electrons. The van der Waals surface area contributed by atoms with Gasteiger partial charge in [-0.15, -0.1) is 0 Å². The van der Waals surface area contributed by atoms with Gasteiger partial charge >= 0.3 is 0 Å². The Morgan fingerprint density at radius 2 is 1.95 bits per heavy atom. The van der Waals surface area contributed by atoms with Crippen LogP contribution in [0.1, 0.15) is 34.0 Å². The molecule has 20 heavy (non-hydrogen) atoms. The van der Waals surface area contributed by atoms with Crippen molar-refractivity contribution < 1.29 is 4.79 Å². The highest BCUT2D eigenvalue weighted by Crippen LogP contribution is 2.24. The van der Waals surface area contributed by atoms with Crippen molar-refractivity contribution in [2.75, 3.05) is 5.32 Å². The second-order valence-electron chi connectivity index (χ2n) is 4.90. The van der Waals surface area contributed by atoms with Crippen LogP contribution >= 0.6 is 15.9 Å². The number of amides is 1. The summed E-state index contributed by atoms with van der Waals surface area (Å²) in [6.45, 7) is 6.08. The number of para-hydroxylation sites is 1. The Morgan fingerprint density at radius 3 is 2.65 bits per heavy atom. The highest BCUT2D eigenvalue weighted by atomic mass is 79.9. The van der Waals surface area contributed by atoms with Crippen LogP contribution in [0, 0.1) is 13.8 Å². The van der Waals surface area contributed by atoms with E-state index in [1.54, 1.807) is 0 Å². The smallest absolute Gasteiger partial charge is 0.256 e. The number of aryl methyl sites for hydroxylation is 3. The van der Waals surface area contributed by atoms with E-state index in [1.165, 1.54) is 0 Å². The first-order valence-corrected chi connectivity index (χ1v) is 7.48. The van der Waals surface area contributed by atoms with Gasteiger partial charge in [0, 0.05) is 10.2 Å². The van der Waals surface area contributed by atoms with Crippen molar-refractivity contribution in [3.05, 3.63) is 63.1 Å². The van der Waals surface area contributed by atoms with E-state index in [2.05, 4.69) is 28.2 Å². The maximum Gasteiger partial charge on any atom is 0.256 e. The average molecular weight is 332 g/mol. The number of carbonyl (C=O) groups excluding carboxylic acids is 1. The molecule has 104 valence electrons. The Labute approximate surface area is 128 Å². The fourth-order valence-corrected chi connectivity index (χ4v) is 2.62. The number of rotatable bonds is 3. The van der Waals surface area contributed by atoms with Crippen molar-refractivity contribution in [3.8, 4) is 0 Å². The quantitative estimate of drug-likeness (QED) is 0.853. The molecule has 0 unspecified atom stereocenters. The molecular formula is C17H18BrNO. The largest absolute Gasteiger partial charge is 0.321 e. The van der Waals surface area contributed by atoms with E-state index < -0.39 is 0 Å². The molecule has 3 heteroatoms. The molecular weight excluding hydrogens is 314 g/mol. The second kappa shape index (κ2) is 6.23. The first kappa shape index (κ1) is 14.8. The number of hydrogen-bond acceptors (Lipinski definition) is 1. The van der Waals surface area contributed by atoms with Crippen LogP contribution in [0.2, 0.25) is 0 Å². The maximum absolute atomic E-state index is 12.5. The SMILES string of the molecule is CCc1cccc(C)c1NC(=O)c1cc(C)ccc1Br. The predicted octanol–water partition coefficient (Wildman–Crippen LogP) is 4.88. The number of hydrogen-bond donors (Lipinski definition) is 1. The number of halogens is 1. The van der Waals surface area contributed by atoms with Crippen LogP contribution in [0.15, 0.2) is 40.9 Å². The van der Waals surface area contributed by atoms with Gasteiger partial charge in [0.05, 0.1) is 5.56 Å². The van der Waals surface area contributed by atoms with Crippen LogP contribution in [0.5, 0.6) is 0 Å². The summed E-state index contributed by atoms with van der Waals surface area (Å²) in [4.78, 5) is 12.5. The summed E-state index contributed by atoms with van der Waals surface area (Å²) in [5, 5.41) is 3.05. The third-order valence-corrected chi connectivity index (χ3v) is 4.04. The van der Waals surface area contributed by atoms with Gasteiger partial charge in [-0.2, -0.15) is 0 Å². The van der Waals surface area contributed by atoms with Crippen molar-refractivity contribution >= 4 is 27.5 Å². The van der Waals surface area contributed by atoms with Crippen LogP contribution in [0.3, 0.4) is 0 Å². The van der Waals surface area contributed by atoms with E-state index in [4.69, 9.17) is 0 Å². The minimum atomic E-state index is -0.0791. The molecule has 0 saturated heterocycles. The number of anilines is 1. The molecule has 1 N–H and O–H groups in total. The molecule has 0 bridgehead atoms. The summed E-state index contributed by atoms with van der Waals surface area (Å²) in [5.41, 5.74) is 4.89. The molecule has 2 nitrogen and oxygen atoms in total. The van der Waals surface area contributed by atoms with E-state index in [0.717, 1.165) is 33.3 Å². The maximum atomic E-state index is 12.5. The lowest BCUT2D eigenvalue weighted by molar-refractivity contribution is 0.102. The lowest BCUT2D eigenvalue weighted by Gasteiger charge is -2.14. The third kappa shape index (κ3) is 3.10. The Morgan fingerprint density at radius 1 is 1.20 bits per heavy atom. The van der Waals surface area contributed by atoms with E-state index in [9.17, 15) is 4.79 Å². The topological polar surface area (TPSA) is 29.1 Å². The fraction of sp³-hybridized carbons (Fsp3) is 0.235. The van der Waals surface area contributed by atoms with Crippen LogP contribution in [0.4, 0.5) is 5.69 Å². The van der Waals surface area contributed by atoms with E-state index in [1.807, 2.05) is 50.2 Å². The molecule has 2 aromatic rings. The monoisotopic (exact) mass is 331 g/mol. The summed E-state index contributed by atoms with van der Waals surface area (Å²) in [5.74, 6) is -0.0791. The van der Waals surface area contributed by atoms with Crippen LogP contribution in [-0.2, 0) is 6.42 Å². The van der Waals surface area contributed by atoms with Gasteiger partial charge in [0.15, 0.2) is 0 Å². The van der Waals surface area contributed by atoms with Gasteiger partial charge in [-0.25, -0.2) is 0 Å². The molecule has 0 aromatic heterocycles. The zero-order valence-corrected chi connectivity index (χ0v) is 13.5. The minimum Gasteiger partial charge on any atom is -0.321 e. The lowest BCUT2D eigenvalue weighted by atomic mass is 10.0. The Hall–Kier alpha value is -1.61. The molecule has 0 atom stereocenters. The van der Waals surface area contributed by atoms with Crippen LogP contribution in [-0.4, -0.2) is 5.91 Å². The predicted molar refractivity (Wildman–Crippen MR) is 87.4 cm³/mol. The highest BCUT2D eigenvalue weighted by molar-refractivity contribution is 9.10. The number of nitrogens with one attached hydrogen (secondary N) is 1. The summed E-state index contributed by atoms with van der Waals surface area (Å²) >= 11 is 3.44. The summed E-state index contributed by atoms with van der Waals surface area (Å²) < 4.78 is 0.812. The lowest BCUT2D eigenvalue weighted by Crippen LogP contribution is -2.15. The first-order valence-electron chi connectivity index (χ1n) is 6.69. The summed E-state index contributed by atoms with van der Waals surface area (Å²) in [7, 11) is 0. The number of carbonyl (C=O) groups is 1. The third-order valence-electron chi connectivity index (χ3n) is 3.35.